The van der Waals surface area contributed by atoms with Crippen LogP contribution in [-0.4, -0.2) is 22.1 Å². The number of hydrogen-bond donors (Lipinski definition) is 2. The van der Waals surface area contributed by atoms with Crippen molar-refractivity contribution in [1.82, 2.24) is 14.9 Å². The lowest BCUT2D eigenvalue weighted by Gasteiger charge is -2.04. The van der Waals surface area contributed by atoms with Crippen LogP contribution in [0, 0.1) is 4.77 Å². The molecule has 0 aromatic carbocycles. The lowest BCUT2D eigenvalue weighted by molar-refractivity contribution is 0.242. The van der Waals surface area contributed by atoms with Crippen molar-refractivity contribution in [2.45, 2.75) is 32.6 Å². The molecular weight excluding hydrogens is 210 g/mol. The molecule has 1 aromatic heterocycles. The number of aromatic amines is 1. The number of H-pyrrole nitrogens is 1. The summed E-state index contributed by atoms with van der Waals surface area (Å²) in [5.74, 6) is 0. The van der Waals surface area contributed by atoms with Crippen LogP contribution in [-0.2, 0) is 0 Å². The summed E-state index contributed by atoms with van der Waals surface area (Å²) in [7, 11) is 0. The summed E-state index contributed by atoms with van der Waals surface area (Å²) in [6.45, 7) is 2.88. The number of imidazole rings is 1. The van der Waals surface area contributed by atoms with Crippen molar-refractivity contribution in [2.24, 2.45) is 0 Å². The maximum absolute atomic E-state index is 11.5. The van der Waals surface area contributed by atoms with E-state index in [0.29, 0.717) is 11.3 Å². The summed E-state index contributed by atoms with van der Waals surface area (Å²) < 4.78 is 1.83. The minimum Gasteiger partial charge on any atom is -0.337 e. The summed E-state index contributed by atoms with van der Waals surface area (Å²) in [6, 6.07) is -0.155. The molecule has 1 amide bonds. The maximum Gasteiger partial charge on any atom is 0.327 e. The van der Waals surface area contributed by atoms with Crippen LogP contribution < -0.4 is 5.32 Å². The predicted octanol–water partition coefficient (Wildman–Crippen LogP) is 2.68. The average Bonchev–Trinajstić information content (AvgIpc) is 2.64. The molecule has 0 atom stereocenters. The quantitative estimate of drug-likeness (QED) is 0.600. The molecule has 0 fully saturated rings. The number of unbranched alkanes of at least 4 members (excludes halogenated alkanes) is 3. The summed E-state index contributed by atoms with van der Waals surface area (Å²) >= 11 is 4.93. The average molecular weight is 227 g/mol. The van der Waals surface area contributed by atoms with Gasteiger partial charge < -0.3 is 10.3 Å². The Labute approximate surface area is 94.7 Å². The highest BCUT2D eigenvalue weighted by Gasteiger charge is 2.02. The summed E-state index contributed by atoms with van der Waals surface area (Å²) in [6.07, 6.45) is 7.89. The van der Waals surface area contributed by atoms with Crippen LogP contribution in [0.5, 0.6) is 0 Å². The van der Waals surface area contributed by atoms with Gasteiger partial charge in [-0.1, -0.05) is 26.2 Å². The molecular formula is C10H17N3OS. The van der Waals surface area contributed by atoms with E-state index in [2.05, 4.69) is 17.2 Å². The number of hydrogen-bond acceptors (Lipinski definition) is 2. The first-order chi connectivity index (χ1) is 7.25. The maximum atomic E-state index is 11.5. The third kappa shape index (κ3) is 3.87. The van der Waals surface area contributed by atoms with Crippen LogP contribution >= 0.6 is 12.2 Å². The van der Waals surface area contributed by atoms with Crippen molar-refractivity contribution < 1.29 is 4.79 Å². The molecule has 0 unspecified atom stereocenters. The molecule has 0 aliphatic rings. The fraction of sp³-hybridized carbons (Fsp3) is 0.600. The largest absolute Gasteiger partial charge is 0.337 e. The van der Waals surface area contributed by atoms with Crippen LogP contribution in [0.15, 0.2) is 12.4 Å². The van der Waals surface area contributed by atoms with E-state index in [1.165, 1.54) is 17.4 Å². The Balaban J connectivity index is 2.26. The van der Waals surface area contributed by atoms with Crippen molar-refractivity contribution in [3.05, 3.63) is 17.2 Å². The van der Waals surface area contributed by atoms with E-state index in [1.54, 1.807) is 12.4 Å². The number of rotatable bonds is 5. The highest BCUT2D eigenvalue weighted by Crippen LogP contribution is 1.97. The smallest absolute Gasteiger partial charge is 0.327 e. The Bertz CT molecular complexity index is 356. The standard InChI is InChI=1S/C10H17N3OS/c1-2-3-4-5-6-11-9(14)13-8-7-12-10(13)15/h7-8H,2-6H2,1H3,(H,11,14)(H,12,15). The van der Waals surface area contributed by atoms with E-state index >= 15 is 0 Å². The van der Waals surface area contributed by atoms with E-state index in [4.69, 9.17) is 12.2 Å². The molecule has 0 spiro atoms. The zero-order valence-corrected chi connectivity index (χ0v) is 9.77. The molecule has 1 rings (SSSR count). The van der Waals surface area contributed by atoms with E-state index in [1.807, 2.05) is 0 Å². The highest BCUT2D eigenvalue weighted by atomic mass is 32.1. The number of carbonyl (C=O) groups is 1. The molecule has 84 valence electrons. The number of amides is 1. The van der Waals surface area contributed by atoms with Gasteiger partial charge in [0.15, 0.2) is 4.77 Å². The van der Waals surface area contributed by atoms with Gasteiger partial charge in [-0.15, -0.1) is 0 Å². The SMILES string of the molecule is CCCCCCNC(=O)n1cc[nH]c1=S. The van der Waals surface area contributed by atoms with Gasteiger partial charge in [0.1, 0.15) is 0 Å². The van der Waals surface area contributed by atoms with E-state index in [-0.39, 0.29) is 6.03 Å². The second-order valence-electron chi connectivity index (χ2n) is 3.43. The van der Waals surface area contributed by atoms with Gasteiger partial charge in [-0.3, -0.25) is 0 Å². The molecule has 0 saturated heterocycles. The van der Waals surface area contributed by atoms with Crippen LogP contribution in [0.2, 0.25) is 0 Å². The third-order valence-corrected chi connectivity index (χ3v) is 2.49. The van der Waals surface area contributed by atoms with Crippen molar-refractivity contribution in [2.75, 3.05) is 6.54 Å². The molecule has 0 bridgehead atoms. The van der Waals surface area contributed by atoms with Crippen molar-refractivity contribution in [3.8, 4) is 0 Å². The summed E-state index contributed by atoms with van der Waals surface area (Å²) in [5, 5.41) is 2.82. The number of nitrogens with zero attached hydrogens (tertiary/aromatic N) is 1. The monoisotopic (exact) mass is 227 g/mol. The zero-order chi connectivity index (χ0) is 11.1. The van der Waals surface area contributed by atoms with Gasteiger partial charge in [0.2, 0.25) is 0 Å². The van der Waals surface area contributed by atoms with Gasteiger partial charge in [0.05, 0.1) is 0 Å². The van der Waals surface area contributed by atoms with Gasteiger partial charge in [0.25, 0.3) is 0 Å². The van der Waals surface area contributed by atoms with Crippen LogP contribution in [0.3, 0.4) is 0 Å². The summed E-state index contributed by atoms with van der Waals surface area (Å²) in [4.78, 5) is 14.3. The zero-order valence-electron chi connectivity index (χ0n) is 8.95. The predicted molar refractivity (Wildman–Crippen MR) is 62.6 cm³/mol. The minimum atomic E-state index is -0.155. The molecule has 2 N–H and O–H groups in total. The van der Waals surface area contributed by atoms with Gasteiger partial charge in [0, 0.05) is 18.9 Å². The fourth-order valence-corrected chi connectivity index (χ4v) is 1.52. The van der Waals surface area contributed by atoms with E-state index in [0.717, 1.165) is 12.8 Å². The van der Waals surface area contributed by atoms with Gasteiger partial charge in [-0.05, 0) is 18.6 Å². The molecule has 1 heterocycles. The topological polar surface area (TPSA) is 49.8 Å². The van der Waals surface area contributed by atoms with Crippen molar-refractivity contribution >= 4 is 18.2 Å². The van der Waals surface area contributed by atoms with Crippen LogP contribution in [0.25, 0.3) is 0 Å². The Morgan fingerprint density at radius 3 is 2.93 bits per heavy atom. The van der Waals surface area contributed by atoms with Crippen LogP contribution in [0.1, 0.15) is 32.6 Å². The van der Waals surface area contributed by atoms with Gasteiger partial charge >= 0.3 is 6.03 Å². The Hall–Kier alpha value is -1.10. The normalized spacial score (nSPS) is 10.2. The number of carbonyl (C=O) groups excluding carboxylic acids is 1. The van der Waals surface area contributed by atoms with E-state index in [9.17, 15) is 4.79 Å². The fourth-order valence-electron chi connectivity index (χ4n) is 1.31. The number of nitrogens with one attached hydrogen (secondary N) is 2. The second-order valence-corrected chi connectivity index (χ2v) is 3.81. The Kier molecular flexibility index (Phi) is 5.10. The molecule has 0 radical (unpaired) electrons. The lowest BCUT2D eigenvalue weighted by atomic mass is 10.2. The first-order valence-corrected chi connectivity index (χ1v) is 5.70. The first-order valence-electron chi connectivity index (χ1n) is 5.30. The minimum absolute atomic E-state index is 0.155. The highest BCUT2D eigenvalue weighted by molar-refractivity contribution is 7.71. The molecule has 1 aromatic rings. The van der Waals surface area contributed by atoms with Crippen molar-refractivity contribution in [3.63, 3.8) is 0 Å². The third-order valence-electron chi connectivity index (χ3n) is 2.17. The number of aromatic nitrogens is 2. The first kappa shape index (κ1) is 12.0. The Morgan fingerprint density at radius 2 is 2.33 bits per heavy atom. The molecule has 15 heavy (non-hydrogen) atoms. The molecule has 0 aliphatic carbocycles. The molecule has 5 heteroatoms. The molecule has 0 aliphatic heterocycles. The van der Waals surface area contributed by atoms with Crippen LogP contribution in [0.4, 0.5) is 4.79 Å². The van der Waals surface area contributed by atoms with Crippen molar-refractivity contribution in [1.29, 1.82) is 0 Å². The van der Waals surface area contributed by atoms with Gasteiger partial charge in [-0.2, -0.15) is 0 Å². The van der Waals surface area contributed by atoms with E-state index < -0.39 is 0 Å². The van der Waals surface area contributed by atoms with Gasteiger partial charge in [-0.25, -0.2) is 9.36 Å². The Morgan fingerprint density at radius 1 is 1.53 bits per heavy atom. The molecule has 0 saturated carbocycles. The summed E-state index contributed by atoms with van der Waals surface area (Å²) in [5.41, 5.74) is 0. The second kappa shape index (κ2) is 6.40. The molecule has 4 nitrogen and oxygen atoms in total. The lowest BCUT2D eigenvalue weighted by Crippen LogP contribution is -2.28.